The van der Waals surface area contributed by atoms with Gasteiger partial charge in [-0.05, 0) is 61.2 Å². The third-order valence-corrected chi connectivity index (χ3v) is 5.80. The largest absolute Gasteiger partial charge is 0.465 e. The summed E-state index contributed by atoms with van der Waals surface area (Å²) in [4.78, 5) is 27.6. The van der Waals surface area contributed by atoms with Crippen LogP contribution in [0.3, 0.4) is 0 Å². The maximum Gasteiger partial charge on any atom is 0.417 e. The van der Waals surface area contributed by atoms with Gasteiger partial charge in [-0.1, -0.05) is 11.6 Å². The molecule has 3 aromatic rings. The van der Waals surface area contributed by atoms with E-state index < -0.39 is 28.8 Å². The number of rotatable bonds is 3. The first-order valence-corrected chi connectivity index (χ1v) is 10.2. The fourth-order valence-corrected chi connectivity index (χ4v) is 4.18. The van der Waals surface area contributed by atoms with E-state index in [1.807, 2.05) is 6.07 Å². The molecule has 32 heavy (non-hydrogen) atoms. The zero-order valence-electron chi connectivity index (χ0n) is 16.9. The number of hydrogen-bond donors (Lipinski definition) is 3. The Morgan fingerprint density at radius 3 is 2.69 bits per heavy atom. The van der Waals surface area contributed by atoms with Crippen molar-refractivity contribution in [3.8, 4) is 0 Å². The number of benzene rings is 2. The summed E-state index contributed by atoms with van der Waals surface area (Å²) < 4.78 is 43.9. The van der Waals surface area contributed by atoms with Crippen LogP contribution in [0.15, 0.2) is 36.4 Å². The van der Waals surface area contributed by atoms with Crippen LogP contribution in [0.25, 0.3) is 10.9 Å². The molecule has 1 aliphatic rings. The van der Waals surface area contributed by atoms with Gasteiger partial charge in [0.2, 0.25) is 0 Å². The zero-order valence-corrected chi connectivity index (χ0v) is 17.7. The number of halogens is 4. The molecule has 2 aromatic carbocycles. The molecule has 10 heteroatoms. The fourth-order valence-electron chi connectivity index (χ4n) is 3.96. The number of aromatic amines is 1. The van der Waals surface area contributed by atoms with E-state index in [9.17, 15) is 22.8 Å². The standard InChI is InChI=1S/C22H19ClF3N3O3/c1-32-20(30)11-2-6-18-14(8-11)15-9-12(4-7-19(15)29-18)27-21(31)28-13-3-5-17(23)16(10-13)22(24,25)26/h2-3,5-6,8,10,12,29H,4,7,9H2,1H3,(H2,27,28,31). The summed E-state index contributed by atoms with van der Waals surface area (Å²) in [6.07, 6.45) is -2.77. The van der Waals surface area contributed by atoms with Gasteiger partial charge in [0.25, 0.3) is 0 Å². The highest BCUT2D eigenvalue weighted by Crippen LogP contribution is 2.36. The van der Waals surface area contributed by atoms with Crippen LogP contribution in [-0.4, -0.2) is 30.1 Å². The normalized spacial score (nSPS) is 15.8. The van der Waals surface area contributed by atoms with E-state index in [-0.39, 0.29) is 11.7 Å². The van der Waals surface area contributed by atoms with Crippen molar-refractivity contribution >= 4 is 40.2 Å². The van der Waals surface area contributed by atoms with Crippen molar-refractivity contribution in [2.24, 2.45) is 0 Å². The van der Waals surface area contributed by atoms with Crippen LogP contribution in [0.2, 0.25) is 5.02 Å². The van der Waals surface area contributed by atoms with Gasteiger partial charge < -0.3 is 20.4 Å². The lowest BCUT2D eigenvalue weighted by molar-refractivity contribution is -0.137. The summed E-state index contributed by atoms with van der Waals surface area (Å²) in [6, 6.07) is 7.62. The number of esters is 1. The van der Waals surface area contributed by atoms with Crippen molar-refractivity contribution in [1.29, 1.82) is 0 Å². The minimum atomic E-state index is -4.62. The summed E-state index contributed by atoms with van der Waals surface area (Å²) in [6.45, 7) is 0. The highest BCUT2D eigenvalue weighted by Gasteiger charge is 2.33. The Hall–Kier alpha value is -3.20. The molecule has 0 spiro atoms. The van der Waals surface area contributed by atoms with Crippen LogP contribution in [0.4, 0.5) is 23.7 Å². The number of fused-ring (bicyclic) bond motifs is 3. The molecule has 1 aromatic heterocycles. The van der Waals surface area contributed by atoms with Gasteiger partial charge in [-0.25, -0.2) is 9.59 Å². The number of urea groups is 1. The average Bonchev–Trinajstić information content (AvgIpc) is 3.11. The number of carbonyl (C=O) groups excluding carboxylic acids is 2. The molecule has 1 heterocycles. The lowest BCUT2D eigenvalue weighted by Gasteiger charge is -2.24. The topological polar surface area (TPSA) is 83.2 Å². The number of aromatic nitrogens is 1. The number of H-pyrrole nitrogens is 1. The summed E-state index contributed by atoms with van der Waals surface area (Å²) in [5.41, 5.74) is 2.32. The monoisotopic (exact) mass is 465 g/mol. The summed E-state index contributed by atoms with van der Waals surface area (Å²) >= 11 is 5.62. The van der Waals surface area contributed by atoms with Crippen molar-refractivity contribution in [2.75, 3.05) is 12.4 Å². The molecule has 4 rings (SSSR count). The number of ether oxygens (including phenoxy) is 1. The molecule has 1 atom stereocenters. The molecule has 2 amide bonds. The van der Waals surface area contributed by atoms with Gasteiger partial charge in [0.15, 0.2) is 0 Å². The van der Waals surface area contributed by atoms with Crippen molar-refractivity contribution in [3.63, 3.8) is 0 Å². The Morgan fingerprint density at radius 2 is 1.97 bits per heavy atom. The number of carbonyl (C=O) groups is 2. The van der Waals surface area contributed by atoms with Crippen LogP contribution in [0.5, 0.6) is 0 Å². The van der Waals surface area contributed by atoms with Gasteiger partial charge in [0.1, 0.15) is 0 Å². The summed E-state index contributed by atoms with van der Waals surface area (Å²) in [5.74, 6) is -0.437. The van der Waals surface area contributed by atoms with Crippen LogP contribution in [0, 0.1) is 0 Å². The van der Waals surface area contributed by atoms with E-state index >= 15 is 0 Å². The molecule has 1 aliphatic carbocycles. The van der Waals surface area contributed by atoms with Crippen molar-refractivity contribution in [1.82, 2.24) is 10.3 Å². The van der Waals surface area contributed by atoms with Crippen LogP contribution >= 0.6 is 11.6 Å². The summed E-state index contributed by atoms with van der Waals surface area (Å²) in [5, 5.41) is 5.69. The maximum absolute atomic E-state index is 13.0. The Labute approximate surface area is 186 Å². The van der Waals surface area contributed by atoms with E-state index in [2.05, 4.69) is 15.6 Å². The van der Waals surface area contributed by atoms with Gasteiger partial charge in [-0.2, -0.15) is 13.2 Å². The number of anilines is 1. The highest BCUT2D eigenvalue weighted by molar-refractivity contribution is 6.31. The predicted octanol–water partition coefficient (Wildman–Crippen LogP) is 5.31. The number of amides is 2. The minimum Gasteiger partial charge on any atom is -0.465 e. The van der Waals surface area contributed by atoms with Crippen molar-refractivity contribution in [3.05, 3.63) is 63.8 Å². The Balaban J connectivity index is 1.48. The SMILES string of the molecule is COC(=O)c1ccc2[nH]c3c(c2c1)CC(NC(=O)Nc1ccc(Cl)c(C(F)(F)F)c1)CC3. The number of aryl methyl sites for hydroxylation is 1. The van der Waals surface area contributed by atoms with Gasteiger partial charge in [0.05, 0.1) is 23.3 Å². The molecule has 0 saturated heterocycles. The highest BCUT2D eigenvalue weighted by atomic mass is 35.5. The third kappa shape index (κ3) is 4.38. The molecule has 3 N–H and O–H groups in total. The zero-order chi connectivity index (χ0) is 23.0. The van der Waals surface area contributed by atoms with E-state index in [1.54, 1.807) is 12.1 Å². The first-order chi connectivity index (χ1) is 15.2. The molecule has 0 aliphatic heterocycles. The number of nitrogens with one attached hydrogen (secondary N) is 3. The summed E-state index contributed by atoms with van der Waals surface area (Å²) in [7, 11) is 1.32. The molecule has 0 bridgehead atoms. The first-order valence-electron chi connectivity index (χ1n) is 9.81. The molecule has 0 saturated carbocycles. The second-order valence-corrected chi connectivity index (χ2v) is 7.97. The molecule has 6 nitrogen and oxygen atoms in total. The number of hydrogen-bond acceptors (Lipinski definition) is 3. The van der Waals surface area contributed by atoms with Crippen molar-refractivity contribution in [2.45, 2.75) is 31.5 Å². The van der Waals surface area contributed by atoms with Crippen LogP contribution in [0.1, 0.15) is 33.6 Å². The lowest BCUT2D eigenvalue weighted by Crippen LogP contribution is -2.41. The van der Waals surface area contributed by atoms with Crippen LogP contribution < -0.4 is 10.6 Å². The number of alkyl halides is 3. The first kappa shape index (κ1) is 22.0. The Morgan fingerprint density at radius 1 is 1.19 bits per heavy atom. The Bertz CT molecular complexity index is 1210. The quantitative estimate of drug-likeness (QED) is 0.459. The molecule has 0 radical (unpaired) electrons. The number of methoxy groups -OCH3 is 1. The van der Waals surface area contributed by atoms with Gasteiger partial charge >= 0.3 is 18.2 Å². The third-order valence-electron chi connectivity index (χ3n) is 5.47. The van der Waals surface area contributed by atoms with Gasteiger partial charge in [0, 0.05) is 28.3 Å². The lowest BCUT2D eigenvalue weighted by atomic mass is 9.91. The molecule has 168 valence electrons. The Kier molecular flexibility index (Phi) is 5.77. The minimum absolute atomic E-state index is 0.00876. The van der Waals surface area contributed by atoms with Gasteiger partial charge in [-0.15, -0.1) is 0 Å². The molecule has 1 unspecified atom stereocenters. The van der Waals surface area contributed by atoms with Crippen LogP contribution in [-0.2, 0) is 23.8 Å². The molecular formula is C22H19ClF3N3O3. The average molecular weight is 466 g/mol. The van der Waals surface area contributed by atoms with Crippen molar-refractivity contribution < 1.29 is 27.5 Å². The molecule has 0 fully saturated rings. The predicted molar refractivity (Wildman–Crippen MR) is 114 cm³/mol. The fraction of sp³-hybridized carbons (Fsp3) is 0.273. The van der Waals surface area contributed by atoms with E-state index in [4.69, 9.17) is 16.3 Å². The second-order valence-electron chi connectivity index (χ2n) is 7.56. The molecular weight excluding hydrogens is 447 g/mol. The maximum atomic E-state index is 13.0. The van der Waals surface area contributed by atoms with E-state index in [0.29, 0.717) is 24.8 Å². The van der Waals surface area contributed by atoms with Gasteiger partial charge in [-0.3, -0.25) is 0 Å². The van der Waals surface area contributed by atoms with E-state index in [0.717, 1.165) is 34.3 Å². The smallest absolute Gasteiger partial charge is 0.417 e. The second kappa shape index (κ2) is 8.38. The van der Waals surface area contributed by atoms with E-state index in [1.165, 1.54) is 13.2 Å².